The van der Waals surface area contributed by atoms with Crippen LogP contribution in [0, 0.1) is 0 Å². The lowest BCUT2D eigenvalue weighted by Crippen LogP contribution is -2.45. The van der Waals surface area contributed by atoms with Gasteiger partial charge in [-0.3, -0.25) is 9.80 Å². The van der Waals surface area contributed by atoms with Crippen molar-refractivity contribution in [3.05, 3.63) is 72.1 Å². The topological polar surface area (TPSA) is 54.6 Å². The molecule has 2 heterocycles. The molecule has 150 valence electrons. The summed E-state index contributed by atoms with van der Waals surface area (Å²) >= 11 is 0. The van der Waals surface area contributed by atoms with E-state index >= 15 is 0 Å². The van der Waals surface area contributed by atoms with Crippen LogP contribution in [-0.2, 0) is 6.54 Å². The zero-order chi connectivity index (χ0) is 19.9. The van der Waals surface area contributed by atoms with Gasteiger partial charge in [-0.05, 0) is 29.8 Å². The average Bonchev–Trinajstić information content (AvgIpc) is 3.24. The molecule has 0 bridgehead atoms. The van der Waals surface area contributed by atoms with E-state index in [1.54, 1.807) is 7.11 Å². The molecule has 0 amide bonds. The number of benzene rings is 2. The van der Waals surface area contributed by atoms with E-state index in [1.807, 2.05) is 30.3 Å². The van der Waals surface area contributed by atoms with Crippen molar-refractivity contribution < 1.29 is 9.15 Å². The van der Waals surface area contributed by atoms with Crippen molar-refractivity contribution in [2.75, 3.05) is 39.8 Å². The van der Waals surface area contributed by atoms with Gasteiger partial charge in [-0.2, -0.15) is 0 Å². The fraction of sp³-hybridized carbons (Fsp3) is 0.304. The maximum atomic E-state index is 5.86. The highest BCUT2D eigenvalue weighted by Crippen LogP contribution is 2.21. The number of nitrogens with zero attached hydrogens (tertiary/aromatic N) is 4. The van der Waals surface area contributed by atoms with Crippen LogP contribution in [0.2, 0.25) is 0 Å². The molecular formula is C23H26N4O2. The molecule has 1 aromatic heterocycles. The van der Waals surface area contributed by atoms with E-state index in [-0.39, 0.29) is 0 Å². The van der Waals surface area contributed by atoms with Crippen molar-refractivity contribution in [1.82, 2.24) is 20.0 Å². The molecule has 0 aliphatic carbocycles. The Bertz CT molecular complexity index is 914. The van der Waals surface area contributed by atoms with E-state index in [1.165, 1.54) is 5.56 Å². The highest BCUT2D eigenvalue weighted by Gasteiger charge is 2.18. The summed E-state index contributed by atoms with van der Waals surface area (Å²) in [6.07, 6.45) is 4.43. The number of aromatic nitrogens is 2. The first-order valence-electron chi connectivity index (χ1n) is 9.93. The second kappa shape index (κ2) is 9.49. The second-order valence-corrected chi connectivity index (χ2v) is 7.12. The van der Waals surface area contributed by atoms with Crippen molar-refractivity contribution in [2.24, 2.45) is 0 Å². The molecule has 29 heavy (non-hydrogen) atoms. The summed E-state index contributed by atoms with van der Waals surface area (Å²) in [5.74, 6) is 2.02. The zero-order valence-electron chi connectivity index (χ0n) is 16.7. The SMILES string of the molecule is COc1ccc(-c2nnc(CN3CCN(C/C=C/c4ccccc4)CC3)o2)cc1. The molecule has 3 aromatic rings. The summed E-state index contributed by atoms with van der Waals surface area (Å²) in [5.41, 5.74) is 2.15. The van der Waals surface area contributed by atoms with Crippen molar-refractivity contribution in [2.45, 2.75) is 6.54 Å². The summed E-state index contributed by atoms with van der Waals surface area (Å²) in [5, 5.41) is 8.41. The van der Waals surface area contributed by atoms with Gasteiger partial charge >= 0.3 is 0 Å². The minimum atomic E-state index is 0.548. The van der Waals surface area contributed by atoms with Gasteiger partial charge < -0.3 is 9.15 Å². The molecule has 1 aliphatic heterocycles. The lowest BCUT2D eigenvalue weighted by molar-refractivity contribution is 0.128. The van der Waals surface area contributed by atoms with E-state index < -0.39 is 0 Å². The maximum Gasteiger partial charge on any atom is 0.247 e. The Kier molecular flexibility index (Phi) is 6.34. The number of methoxy groups -OCH3 is 1. The van der Waals surface area contributed by atoms with Crippen LogP contribution in [0.1, 0.15) is 11.5 Å². The molecule has 1 fully saturated rings. The van der Waals surface area contributed by atoms with Gasteiger partial charge in [0.25, 0.3) is 0 Å². The minimum Gasteiger partial charge on any atom is -0.497 e. The lowest BCUT2D eigenvalue weighted by atomic mass is 10.2. The molecule has 6 nitrogen and oxygen atoms in total. The molecule has 0 N–H and O–H groups in total. The highest BCUT2D eigenvalue weighted by molar-refractivity contribution is 5.54. The minimum absolute atomic E-state index is 0.548. The Morgan fingerprint density at radius 2 is 1.66 bits per heavy atom. The highest BCUT2D eigenvalue weighted by atomic mass is 16.5. The van der Waals surface area contributed by atoms with E-state index in [0.717, 1.165) is 44.0 Å². The molecule has 0 radical (unpaired) electrons. The quantitative estimate of drug-likeness (QED) is 0.615. The molecule has 0 saturated carbocycles. The standard InChI is InChI=1S/C23H26N4O2/c1-28-21-11-9-20(10-12-21)23-25-24-22(29-23)18-27-16-14-26(15-17-27)13-5-8-19-6-3-2-4-7-19/h2-12H,13-18H2,1H3/b8-5+. The monoisotopic (exact) mass is 390 g/mol. The summed E-state index contributed by atoms with van der Waals surface area (Å²) < 4.78 is 11.0. The van der Waals surface area contributed by atoms with E-state index in [4.69, 9.17) is 9.15 Å². The number of rotatable bonds is 7. The maximum absolute atomic E-state index is 5.86. The van der Waals surface area contributed by atoms with Crippen molar-refractivity contribution in [3.63, 3.8) is 0 Å². The fourth-order valence-corrected chi connectivity index (χ4v) is 3.39. The van der Waals surface area contributed by atoms with Crippen molar-refractivity contribution in [1.29, 1.82) is 0 Å². The third kappa shape index (κ3) is 5.31. The third-order valence-electron chi connectivity index (χ3n) is 5.10. The smallest absolute Gasteiger partial charge is 0.247 e. The average molecular weight is 390 g/mol. The van der Waals surface area contributed by atoms with E-state index in [9.17, 15) is 0 Å². The molecule has 1 saturated heterocycles. The summed E-state index contributed by atoms with van der Waals surface area (Å²) in [4.78, 5) is 4.83. The summed E-state index contributed by atoms with van der Waals surface area (Å²) in [6.45, 7) is 5.75. The predicted molar refractivity (Wildman–Crippen MR) is 113 cm³/mol. The first-order chi connectivity index (χ1) is 14.3. The molecular weight excluding hydrogens is 364 g/mol. The molecule has 0 unspecified atom stereocenters. The molecule has 4 rings (SSSR count). The Balaban J connectivity index is 1.24. The first-order valence-corrected chi connectivity index (χ1v) is 9.93. The lowest BCUT2D eigenvalue weighted by Gasteiger charge is -2.33. The molecule has 6 heteroatoms. The van der Waals surface area contributed by atoms with Gasteiger partial charge in [-0.1, -0.05) is 42.5 Å². The number of hydrogen-bond acceptors (Lipinski definition) is 6. The van der Waals surface area contributed by atoms with Gasteiger partial charge in [-0.15, -0.1) is 10.2 Å². The van der Waals surface area contributed by atoms with Crippen molar-refractivity contribution >= 4 is 6.08 Å². The van der Waals surface area contributed by atoms with E-state index in [0.29, 0.717) is 18.3 Å². The van der Waals surface area contributed by atoms with Gasteiger partial charge in [0.15, 0.2) is 0 Å². The van der Waals surface area contributed by atoms with Crippen LogP contribution < -0.4 is 4.74 Å². The molecule has 2 aromatic carbocycles. The van der Waals surface area contributed by atoms with Gasteiger partial charge in [0.05, 0.1) is 13.7 Å². The summed E-state index contributed by atoms with van der Waals surface area (Å²) in [7, 11) is 1.65. The van der Waals surface area contributed by atoms with Gasteiger partial charge in [0.2, 0.25) is 11.8 Å². The van der Waals surface area contributed by atoms with Crippen LogP contribution in [0.4, 0.5) is 0 Å². The zero-order valence-corrected chi connectivity index (χ0v) is 16.7. The Morgan fingerprint density at radius 1 is 0.931 bits per heavy atom. The normalized spacial score (nSPS) is 15.8. The predicted octanol–water partition coefficient (Wildman–Crippen LogP) is 3.58. The van der Waals surface area contributed by atoms with Crippen molar-refractivity contribution in [3.8, 4) is 17.2 Å². The Hall–Kier alpha value is -2.96. The second-order valence-electron chi connectivity index (χ2n) is 7.12. The van der Waals surface area contributed by atoms with Crippen LogP contribution in [0.5, 0.6) is 5.75 Å². The molecule has 1 aliphatic rings. The fourth-order valence-electron chi connectivity index (χ4n) is 3.39. The van der Waals surface area contributed by atoms with Crippen LogP contribution in [0.3, 0.4) is 0 Å². The number of ether oxygens (including phenoxy) is 1. The van der Waals surface area contributed by atoms with Crippen LogP contribution in [0.25, 0.3) is 17.5 Å². The molecule has 0 spiro atoms. The Labute approximate surface area is 171 Å². The Morgan fingerprint density at radius 3 is 2.38 bits per heavy atom. The van der Waals surface area contributed by atoms with Gasteiger partial charge in [0, 0.05) is 38.3 Å². The number of hydrogen-bond donors (Lipinski definition) is 0. The van der Waals surface area contributed by atoms with Gasteiger partial charge in [0.1, 0.15) is 5.75 Å². The largest absolute Gasteiger partial charge is 0.497 e. The third-order valence-corrected chi connectivity index (χ3v) is 5.10. The first kappa shape index (κ1) is 19.4. The van der Waals surface area contributed by atoms with E-state index in [2.05, 4.69) is 56.4 Å². The summed E-state index contributed by atoms with van der Waals surface area (Å²) in [6, 6.07) is 18.1. The molecule has 0 atom stereocenters. The van der Waals surface area contributed by atoms with Gasteiger partial charge in [-0.25, -0.2) is 0 Å². The number of piperazine rings is 1. The van der Waals surface area contributed by atoms with Crippen LogP contribution in [0.15, 0.2) is 65.1 Å². The van der Waals surface area contributed by atoms with Crippen LogP contribution >= 0.6 is 0 Å². The van der Waals surface area contributed by atoms with Crippen LogP contribution in [-0.4, -0.2) is 59.8 Å².